The average Bonchev–Trinajstić information content (AvgIpc) is 3.03. The molecular weight excluding hydrogens is 348 g/mol. The highest BCUT2D eigenvalue weighted by molar-refractivity contribution is 7.15. The van der Waals surface area contributed by atoms with E-state index in [1.807, 2.05) is 0 Å². The molecule has 25 heavy (non-hydrogen) atoms. The molecule has 2 aromatic rings. The van der Waals surface area contributed by atoms with Gasteiger partial charge in [0.25, 0.3) is 0 Å². The summed E-state index contributed by atoms with van der Waals surface area (Å²) in [6.07, 6.45) is 4.57. The second kappa shape index (κ2) is 9.22. The lowest BCUT2D eigenvalue weighted by molar-refractivity contribution is -0.111. The first-order valence-electron chi connectivity index (χ1n) is 7.89. The molecular formula is C17H19F2N3O2S. The Labute approximate surface area is 148 Å². The van der Waals surface area contributed by atoms with Crippen molar-refractivity contribution in [2.24, 2.45) is 0 Å². The highest BCUT2D eigenvalue weighted by Crippen LogP contribution is 2.28. The Kier molecular flexibility index (Phi) is 7.00. The number of nitrogens with one attached hydrogen (secondary N) is 1. The Hall–Kier alpha value is -2.35. The van der Waals surface area contributed by atoms with Crippen LogP contribution in [0.1, 0.15) is 43.2 Å². The zero-order valence-corrected chi connectivity index (χ0v) is 14.7. The molecule has 1 heterocycles. The molecule has 0 saturated heterocycles. The molecule has 0 aliphatic heterocycles. The van der Waals surface area contributed by atoms with E-state index in [0.29, 0.717) is 16.6 Å². The first-order chi connectivity index (χ1) is 12.0. The van der Waals surface area contributed by atoms with Crippen LogP contribution >= 0.6 is 11.3 Å². The van der Waals surface area contributed by atoms with Gasteiger partial charge in [0.05, 0.1) is 0 Å². The fourth-order valence-corrected chi connectivity index (χ4v) is 3.24. The number of alkyl halides is 2. The Morgan fingerprint density at radius 2 is 2.00 bits per heavy atom. The SMILES string of the molecule is CCC(CC)c1nnc(NC(=O)/C=C/c2ccccc2OC(F)F)s1. The van der Waals surface area contributed by atoms with Crippen LogP contribution < -0.4 is 10.1 Å². The van der Waals surface area contributed by atoms with Crippen LogP contribution in [0.3, 0.4) is 0 Å². The smallest absolute Gasteiger partial charge is 0.387 e. The molecule has 1 aromatic carbocycles. The van der Waals surface area contributed by atoms with Crippen molar-refractivity contribution in [3.05, 3.63) is 40.9 Å². The van der Waals surface area contributed by atoms with Gasteiger partial charge in [-0.2, -0.15) is 8.78 Å². The summed E-state index contributed by atoms with van der Waals surface area (Å²) in [6.45, 7) is 1.23. The molecule has 0 fully saturated rings. The molecule has 0 aliphatic carbocycles. The molecule has 0 spiro atoms. The molecule has 2 rings (SSSR count). The monoisotopic (exact) mass is 367 g/mol. The first-order valence-corrected chi connectivity index (χ1v) is 8.71. The number of ether oxygens (including phenoxy) is 1. The molecule has 1 aromatic heterocycles. The first kappa shape index (κ1) is 19.0. The lowest BCUT2D eigenvalue weighted by atomic mass is 10.1. The quantitative estimate of drug-likeness (QED) is 0.687. The molecule has 1 amide bonds. The van der Waals surface area contributed by atoms with E-state index in [1.54, 1.807) is 18.2 Å². The second-order valence-electron chi connectivity index (χ2n) is 5.20. The Balaban J connectivity index is 2.02. The highest BCUT2D eigenvalue weighted by atomic mass is 32.1. The maximum Gasteiger partial charge on any atom is 0.387 e. The van der Waals surface area contributed by atoms with Crippen molar-refractivity contribution in [1.29, 1.82) is 0 Å². The number of anilines is 1. The van der Waals surface area contributed by atoms with E-state index in [-0.39, 0.29) is 5.75 Å². The van der Waals surface area contributed by atoms with Crippen molar-refractivity contribution in [2.75, 3.05) is 5.32 Å². The van der Waals surface area contributed by atoms with Crippen molar-refractivity contribution >= 4 is 28.5 Å². The van der Waals surface area contributed by atoms with Gasteiger partial charge in [-0.3, -0.25) is 10.1 Å². The summed E-state index contributed by atoms with van der Waals surface area (Å²) in [6, 6.07) is 6.24. The predicted octanol–water partition coefficient (Wildman–Crippen LogP) is 4.70. The third kappa shape index (κ3) is 5.60. The summed E-state index contributed by atoms with van der Waals surface area (Å²) in [7, 11) is 0. The van der Waals surface area contributed by atoms with Crippen LogP contribution in [0.15, 0.2) is 30.3 Å². The zero-order chi connectivity index (χ0) is 18.2. The number of hydrogen-bond acceptors (Lipinski definition) is 5. The van der Waals surface area contributed by atoms with Gasteiger partial charge in [0.1, 0.15) is 10.8 Å². The number of nitrogens with zero attached hydrogens (tertiary/aromatic N) is 2. The van der Waals surface area contributed by atoms with Crippen LogP contribution in [0.4, 0.5) is 13.9 Å². The lowest BCUT2D eigenvalue weighted by Crippen LogP contribution is -2.07. The van der Waals surface area contributed by atoms with Crippen LogP contribution in [0, 0.1) is 0 Å². The van der Waals surface area contributed by atoms with Crippen LogP contribution in [0.25, 0.3) is 6.08 Å². The second-order valence-corrected chi connectivity index (χ2v) is 6.21. The number of para-hydroxylation sites is 1. The lowest BCUT2D eigenvalue weighted by Gasteiger charge is -2.07. The molecule has 1 N–H and O–H groups in total. The summed E-state index contributed by atoms with van der Waals surface area (Å²) >= 11 is 1.34. The van der Waals surface area contributed by atoms with Gasteiger partial charge in [0, 0.05) is 17.6 Å². The minimum atomic E-state index is -2.92. The summed E-state index contributed by atoms with van der Waals surface area (Å²) in [4.78, 5) is 12.0. The molecule has 0 radical (unpaired) electrons. The van der Waals surface area contributed by atoms with Gasteiger partial charge in [-0.1, -0.05) is 43.4 Å². The minimum absolute atomic E-state index is 0.00786. The number of carbonyl (C=O) groups is 1. The number of aromatic nitrogens is 2. The molecule has 0 atom stereocenters. The summed E-state index contributed by atoms with van der Waals surface area (Å²) < 4.78 is 29.2. The van der Waals surface area contributed by atoms with Crippen molar-refractivity contribution < 1.29 is 18.3 Å². The minimum Gasteiger partial charge on any atom is -0.434 e. The van der Waals surface area contributed by atoms with Crippen LogP contribution in [-0.4, -0.2) is 22.7 Å². The van der Waals surface area contributed by atoms with Gasteiger partial charge in [-0.25, -0.2) is 0 Å². The predicted molar refractivity (Wildman–Crippen MR) is 94.0 cm³/mol. The molecule has 0 aliphatic rings. The Bertz CT molecular complexity index is 730. The van der Waals surface area contributed by atoms with E-state index < -0.39 is 12.5 Å². The molecule has 0 saturated carbocycles. The zero-order valence-electron chi connectivity index (χ0n) is 13.9. The molecule has 5 nitrogen and oxygen atoms in total. The Morgan fingerprint density at radius 1 is 1.28 bits per heavy atom. The van der Waals surface area contributed by atoms with Gasteiger partial charge < -0.3 is 4.74 Å². The van der Waals surface area contributed by atoms with E-state index in [2.05, 4.69) is 34.1 Å². The molecule has 8 heteroatoms. The van der Waals surface area contributed by atoms with E-state index >= 15 is 0 Å². The number of carbonyl (C=O) groups excluding carboxylic acids is 1. The van der Waals surface area contributed by atoms with Crippen LogP contribution in [-0.2, 0) is 4.79 Å². The maximum absolute atomic E-state index is 12.4. The van der Waals surface area contributed by atoms with E-state index in [9.17, 15) is 13.6 Å². The summed E-state index contributed by atoms with van der Waals surface area (Å²) in [5.74, 6) is -0.0790. The molecule has 134 valence electrons. The van der Waals surface area contributed by atoms with E-state index in [1.165, 1.54) is 29.6 Å². The molecule has 0 bridgehead atoms. The van der Waals surface area contributed by atoms with Gasteiger partial charge >= 0.3 is 6.61 Å². The van der Waals surface area contributed by atoms with Crippen molar-refractivity contribution in [1.82, 2.24) is 10.2 Å². The van der Waals surface area contributed by atoms with E-state index in [0.717, 1.165) is 17.8 Å². The van der Waals surface area contributed by atoms with E-state index in [4.69, 9.17) is 0 Å². The number of rotatable bonds is 8. The van der Waals surface area contributed by atoms with Crippen molar-refractivity contribution in [3.63, 3.8) is 0 Å². The van der Waals surface area contributed by atoms with Gasteiger partial charge in [-0.05, 0) is 25.0 Å². The third-order valence-electron chi connectivity index (χ3n) is 3.55. The van der Waals surface area contributed by atoms with Gasteiger partial charge in [0.2, 0.25) is 11.0 Å². The highest BCUT2D eigenvalue weighted by Gasteiger charge is 2.14. The van der Waals surface area contributed by atoms with Gasteiger partial charge in [-0.15, -0.1) is 10.2 Å². The number of halogens is 2. The third-order valence-corrected chi connectivity index (χ3v) is 4.56. The number of benzene rings is 1. The van der Waals surface area contributed by atoms with Crippen LogP contribution in [0.2, 0.25) is 0 Å². The van der Waals surface area contributed by atoms with Crippen LogP contribution in [0.5, 0.6) is 5.75 Å². The van der Waals surface area contributed by atoms with Crippen molar-refractivity contribution in [2.45, 2.75) is 39.2 Å². The number of amides is 1. The maximum atomic E-state index is 12.4. The Morgan fingerprint density at radius 3 is 2.68 bits per heavy atom. The normalized spacial score (nSPS) is 11.4. The summed E-state index contributed by atoms with van der Waals surface area (Å²) in [5, 5.41) is 12.0. The van der Waals surface area contributed by atoms with Gasteiger partial charge in [0.15, 0.2) is 0 Å². The number of hydrogen-bond donors (Lipinski definition) is 1. The fraction of sp³-hybridized carbons (Fsp3) is 0.353. The largest absolute Gasteiger partial charge is 0.434 e. The molecule has 0 unspecified atom stereocenters. The topological polar surface area (TPSA) is 64.1 Å². The summed E-state index contributed by atoms with van der Waals surface area (Å²) in [5.41, 5.74) is 0.382. The standard InChI is InChI=1S/C17H19F2N3O2S/c1-3-11(4-2)15-21-22-17(25-15)20-14(23)10-9-12-7-5-6-8-13(12)24-16(18)19/h5-11,16H,3-4H2,1-2H3,(H,20,22,23)/b10-9+. The fourth-order valence-electron chi connectivity index (χ4n) is 2.22. The average molecular weight is 367 g/mol. The van der Waals surface area contributed by atoms with Crippen molar-refractivity contribution in [3.8, 4) is 5.75 Å².